The Morgan fingerprint density at radius 1 is 0.571 bits per heavy atom. The van der Waals surface area contributed by atoms with Gasteiger partial charge in [0.05, 0.1) is 0 Å². The molecule has 0 saturated heterocycles. The van der Waals surface area contributed by atoms with E-state index >= 15 is 0 Å². The molecule has 0 radical (unpaired) electrons. The number of fused-ring (bicyclic) bond motifs is 4. The van der Waals surface area contributed by atoms with Gasteiger partial charge < -0.3 is 0 Å². The second-order valence-corrected chi connectivity index (χ2v) is 8.65. The van der Waals surface area contributed by atoms with Crippen molar-refractivity contribution >= 4 is 6.08 Å². The third-order valence-electron chi connectivity index (χ3n) is 6.11. The van der Waals surface area contributed by atoms with Crippen LogP contribution in [0.15, 0.2) is 78.9 Å². The Balaban J connectivity index is 0.000000143. The highest BCUT2D eigenvalue weighted by Gasteiger charge is 2.29. The summed E-state index contributed by atoms with van der Waals surface area (Å²) in [6.45, 7) is 9.17. The lowest BCUT2D eigenvalue weighted by molar-refractivity contribution is 0.573. The summed E-state index contributed by atoms with van der Waals surface area (Å²) in [5.41, 5.74) is 8.75. The summed E-state index contributed by atoms with van der Waals surface area (Å²) in [5.74, 6) is 2.59. The Hall–Kier alpha value is -2.60. The van der Waals surface area contributed by atoms with Gasteiger partial charge in [-0.05, 0) is 45.2 Å². The fourth-order valence-electron chi connectivity index (χ4n) is 4.77. The van der Waals surface area contributed by atoms with Crippen LogP contribution in [0.2, 0.25) is 0 Å². The minimum absolute atomic E-state index is 0.576. The van der Waals surface area contributed by atoms with Crippen molar-refractivity contribution in [1.29, 1.82) is 0 Å². The van der Waals surface area contributed by atoms with E-state index in [1.807, 2.05) is 0 Å². The highest BCUT2D eigenvalue weighted by Crippen LogP contribution is 2.47. The molecule has 2 aliphatic carbocycles. The van der Waals surface area contributed by atoms with Crippen LogP contribution in [0.1, 0.15) is 61.8 Å². The van der Waals surface area contributed by atoms with Crippen LogP contribution in [0.4, 0.5) is 0 Å². The molecule has 5 rings (SSSR count). The summed E-state index contributed by atoms with van der Waals surface area (Å²) in [6.07, 6.45) is 4.55. The molecule has 2 aliphatic rings. The van der Waals surface area contributed by atoms with E-state index in [1.165, 1.54) is 33.4 Å². The molecular formula is C28H30. The van der Waals surface area contributed by atoms with E-state index < -0.39 is 0 Å². The fraction of sp³-hybridized carbons (Fsp3) is 0.286. The Bertz CT molecular complexity index is 945. The summed E-state index contributed by atoms with van der Waals surface area (Å²) in [6, 6.07) is 26.3. The highest BCUT2D eigenvalue weighted by molar-refractivity contribution is 5.78. The fourth-order valence-corrected chi connectivity index (χ4v) is 4.77. The largest absolute Gasteiger partial charge is 0.0761 e. The first-order valence-electron chi connectivity index (χ1n) is 10.5. The van der Waals surface area contributed by atoms with E-state index in [-0.39, 0.29) is 0 Å². The van der Waals surface area contributed by atoms with Crippen molar-refractivity contribution in [1.82, 2.24) is 0 Å². The van der Waals surface area contributed by atoms with Gasteiger partial charge in [0.15, 0.2) is 0 Å². The van der Waals surface area contributed by atoms with Crippen LogP contribution in [0.5, 0.6) is 0 Å². The second kappa shape index (κ2) is 7.80. The quantitative estimate of drug-likeness (QED) is 0.432. The zero-order chi connectivity index (χ0) is 19.7. The van der Waals surface area contributed by atoms with Gasteiger partial charge >= 0.3 is 0 Å². The zero-order valence-electron chi connectivity index (χ0n) is 17.4. The molecule has 0 bridgehead atoms. The van der Waals surface area contributed by atoms with Crippen LogP contribution in [-0.2, 0) is 0 Å². The maximum absolute atomic E-state index is 2.31. The standard InChI is InChI=1S/C16H16.C12H14/c1-11(2)16-14-9-5-3-7-12(14)13-8-4-6-10-15(13)16;1-9(2)11-8-7-10-5-3-4-6-12(10)11/h3-11,16H,1-2H3;3-9,11H,1-2H3. The van der Waals surface area contributed by atoms with E-state index in [9.17, 15) is 0 Å². The topological polar surface area (TPSA) is 0 Å². The maximum atomic E-state index is 2.31. The van der Waals surface area contributed by atoms with Gasteiger partial charge in [0.25, 0.3) is 0 Å². The van der Waals surface area contributed by atoms with Crippen molar-refractivity contribution in [2.45, 2.75) is 39.5 Å². The number of hydrogen-bond donors (Lipinski definition) is 0. The van der Waals surface area contributed by atoms with E-state index in [4.69, 9.17) is 0 Å². The van der Waals surface area contributed by atoms with Crippen molar-refractivity contribution in [2.75, 3.05) is 0 Å². The van der Waals surface area contributed by atoms with Crippen LogP contribution >= 0.6 is 0 Å². The Morgan fingerprint density at radius 2 is 1.07 bits per heavy atom. The molecule has 0 heterocycles. The SMILES string of the molecule is CC(C)C1C=Cc2ccccc21.CC(C)C1c2ccccc2-c2ccccc21. The van der Waals surface area contributed by atoms with Crippen LogP contribution in [0, 0.1) is 11.8 Å². The molecule has 3 aromatic carbocycles. The third-order valence-corrected chi connectivity index (χ3v) is 6.11. The molecule has 28 heavy (non-hydrogen) atoms. The monoisotopic (exact) mass is 366 g/mol. The average Bonchev–Trinajstić information content (AvgIpc) is 3.28. The van der Waals surface area contributed by atoms with Crippen LogP contribution < -0.4 is 0 Å². The van der Waals surface area contributed by atoms with Crippen LogP contribution in [0.3, 0.4) is 0 Å². The van der Waals surface area contributed by atoms with Crippen molar-refractivity contribution in [3.63, 3.8) is 0 Å². The average molecular weight is 367 g/mol. The molecule has 0 nitrogen and oxygen atoms in total. The molecule has 0 N–H and O–H groups in total. The normalized spacial score (nSPS) is 16.6. The minimum atomic E-state index is 0.576. The van der Waals surface area contributed by atoms with Gasteiger partial charge in [0.1, 0.15) is 0 Å². The van der Waals surface area contributed by atoms with Crippen LogP contribution in [0.25, 0.3) is 17.2 Å². The van der Waals surface area contributed by atoms with Crippen molar-refractivity contribution in [3.8, 4) is 11.1 Å². The van der Waals surface area contributed by atoms with E-state index in [2.05, 4.69) is 113 Å². The molecule has 0 heteroatoms. The Kier molecular flexibility index (Phi) is 5.22. The van der Waals surface area contributed by atoms with E-state index in [0.29, 0.717) is 23.7 Å². The van der Waals surface area contributed by atoms with Gasteiger partial charge in [0, 0.05) is 11.8 Å². The molecule has 0 aliphatic heterocycles. The molecule has 0 aromatic heterocycles. The van der Waals surface area contributed by atoms with Crippen molar-refractivity contribution < 1.29 is 0 Å². The molecule has 0 amide bonds. The van der Waals surface area contributed by atoms with Gasteiger partial charge in [-0.1, -0.05) is 113 Å². The summed E-state index contributed by atoms with van der Waals surface area (Å²) < 4.78 is 0. The Labute approximate surface area is 169 Å². The molecule has 0 saturated carbocycles. The first-order valence-corrected chi connectivity index (χ1v) is 10.5. The lowest BCUT2D eigenvalue weighted by atomic mass is 9.87. The molecule has 3 aromatic rings. The number of benzene rings is 3. The summed E-state index contributed by atoms with van der Waals surface area (Å²) in [5, 5.41) is 0. The highest BCUT2D eigenvalue weighted by atomic mass is 14.3. The predicted octanol–water partition coefficient (Wildman–Crippen LogP) is 7.91. The summed E-state index contributed by atoms with van der Waals surface area (Å²) >= 11 is 0. The first-order chi connectivity index (χ1) is 13.6. The predicted molar refractivity (Wildman–Crippen MR) is 122 cm³/mol. The summed E-state index contributed by atoms with van der Waals surface area (Å²) in [7, 11) is 0. The number of hydrogen-bond acceptors (Lipinski definition) is 0. The van der Waals surface area contributed by atoms with E-state index in [0.717, 1.165) is 0 Å². The smallest absolute Gasteiger partial charge is 0.0125 e. The van der Waals surface area contributed by atoms with Gasteiger partial charge in [0.2, 0.25) is 0 Å². The zero-order valence-corrected chi connectivity index (χ0v) is 17.4. The molecular weight excluding hydrogens is 336 g/mol. The molecule has 0 fully saturated rings. The first kappa shape index (κ1) is 18.7. The lowest BCUT2D eigenvalue weighted by Gasteiger charge is -2.17. The molecule has 142 valence electrons. The lowest BCUT2D eigenvalue weighted by Crippen LogP contribution is -2.04. The molecule has 1 atom stereocenters. The van der Waals surface area contributed by atoms with Crippen molar-refractivity contribution in [2.24, 2.45) is 11.8 Å². The van der Waals surface area contributed by atoms with Gasteiger partial charge in [-0.15, -0.1) is 0 Å². The summed E-state index contributed by atoms with van der Waals surface area (Å²) in [4.78, 5) is 0. The van der Waals surface area contributed by atoms with Gasteiger partial charge in [-0.3, -0.25) is 0 Å². The Morgan fingerprint density at radius 3 is 1.61 bits per heavy atom. The van der Waals surface area contributed by atoms with E-state index in [1.54, 1.807) is 0 Å². The van der Waals surface area contributed by atoms with Crippen molar-refractivity contribution in [3.05, 3.63) is 101 Å². The number of allylic oxidation sites excluding steroid dienone is 1. The molecule has 1 unspecified atom stereocenters. The maximum Gasteiger partial charge on any atom is 0.0125 e. The number of rotatable bonds is 2. The second-order valence-electron chi connectivity index (χ2n) is 8.65. The van der Waals surface area contributed by atoms with Gasteiger partial charge in [-0.2, -0.15) is 0 Å². The molecule has 0 spiro atoms. The van der Waals surface area contributed by atoms with Crippen LogP contribution in [-0.4, -0.2) is 0 Å². The van der Waals surface area contributed by atoms with Gasteiger partial charge in [-0.25, -0.2) is 0 Å². The minimum Gasteiger partial charge on any atom is -0.0761 e. The third kappa shape index (κ3) is 3.33.